The van der Waals surface area contributed by atoms with Gasteiger partial charge in [0.15, 0.2) is 0 Å². The number of nitrogens with zero attached hydrogens (tertiary/aromatic N) is 1. The monoisotopic (exact) mass is 265 g/mol. The molecule has 0 aromatic heterocycles. The molecule has 3 nitrogen and oxygen atoms in total. The van der Waals surface area contributed by atoms with Crippen LogP contribution in [0.25, 0.3) is 0 Å². The number of hydrogen-bond donors (Lipinski definition) is 2. The van der Waals surface area contributed by atoms with E-state index < -0.39 is 12.7 Å². The molecule has 0 saturated carbocycles. The van der Waals surface area contributed by atoms with E-state index in [0.29, 0.717) is 5.56 Å². The SMILES string of the molecule is CN(CC(F)(F)F)c1ccc(C(=N)N)cc1Cl. The van der Waals surface area contributed by atoms with Gasteiger partial charge in [0.25, 0.3) is 0 Å². The number of benzene rings is 1. The second-order valence-corrected chi connectivity index (χ2v) is 3.96. The van der Waals surface area contributed by atoms with Gasteiger partial charge in [-0.15, -0.1) is 0 Å². The quantitative estimate of drug-likeness (QED) is 0.652. The largest absolute Gasteiger partial charge is 0.405 e. The molecule has 0 spiro atoms. The Labute approximate surface area is 101 Å². The standard InChI is InChI=1S/C10H11ClF3N3/c1-17(5-10(12,13)14)8-3-2-6(9(15)16)4-7(8)11/h2-4H,5H2,1H3,(H3,15,16). The van der Waals surface area contributed by atoms with E-state index in [9.17, 15) is 13.2 Å². The average molecular weight is 266 g/mol. The van der Waals surface area contributed by atoms with Gasteiger partial charge in [-0.2, -0.15) is 13.2 Å². The Balaban J connectivity index is 2.96. The molecule has 0 amide bonds. The summed E-state index contributed by atoms with van der Waals surface area (Å²) in [5, 5.41) is 7.31. The molecule has 1 aromatic rings. The van der Waals surface area contributed by atoms with Gasteiger partial charge in [0.05, 0.1) is 10.7 Å². The van der Waals surface area contributed by atoms with Gasteiger partial charge in [-0.3, -0.25) is 5.41 Å². The molecule has 3 N–H and O–H groups in total. The second kappa shape index (κ2) is 4.83. The summed E-state index contributed by atoms with van der Waals surface area (Å²) in [5.74, 6) is -0.183. The lowest BCUT2D eigenvalue weighted by atomic mass is 10.2. The van der Waals surface area contributed by atoms with Crippen molar-refractivity contribution in [2.45, 2.75) is 6.18 Å². The number of amidine groups is 1. The molecule has 0 fully saturated rings. The molecule has 0 unspecified atom stereocenters. The Morgan fingerprint density at radius 2 is 2.06 bits per heavy atom. The van der Waals surface area contributed by atoms with Crippen LogP contribution < -0.4 is 10.6 Å². The highest BCUT2D eigenvalue weighted by Crippen LogP contribution is 2.28. The summed E-state index contributed by atoms with van der Waals surface area (Å²) in [6.45, 7) is -1.09. The fourth-order valence-corrected chi connectivity index (χ4v) is 1.66. The van der Waals surface area contributed by atoms with Crippen LogP contribution in [0, 0.1) is 5.41 Å². The van der Waals surface area contributed by atoms with Crippen molar-refractivity contribution in [2.24, 2.45) is 5.73 Å². The zero-order chi connectivity index (χ0) is 13.2. The van der Waals surface area contributed by atoms with Crippen molar-refractivity contribution in [3.8, 4) is 0 Å². The molecular weight excluding hydrogens is 255 g/mol. The van der Waals surface area contributed by atoms with Crippen molar-refractivity contribution < 1.29 is 13.2 Å². The molecular formula is C10H11ClF3N3. The zero-order valence-electron chi connectivity index (χ0n) is 8.98. The van der Waals surface area contributed by atoms with Crippen LogP contribution in [0.4, 0.5) is 18.9 Å². The molecule has 7 heteroatoms. The highest BCUT2D eigenvalue weighted by molar-refractivity contribution is 6.33. The molecule has 94 valence electrons. The van der Waals surface area contributed by atoms with Crippen molar-refractivity contribution in [3.05, 3.63) is 28.8 Å². The minimum atomic E-state index is -4.29. The van der Waals surface area contributed by atoms with Gasteiger partial charge in [-0.05, 0) is 18.2 Å². The van der Waals surface area contributed by atoms with E-state index in [2.05, 4.69) is 0 Å². The van der Waals surface area contributed by atoms with Gasteiger partial charge in [0, 0.05) is 12.6 Å². The van der Waals surface area contributed by atoms with Crippen LogP contribution in [0.1, 0.15) is 5.56 Å². The summed E-state index contributed by atoms with van der Waals surface area (Å²) in [4.78, 5) is 0.992. The summed E-state index contributed by atoms with van der Waals surface area (Å²) in [7, 11) is 1.29. The van der Waals surface area contributed by atoms with Crippen molar-refractivity contribution in [3.63, 3.8) is 0 Å². The van der Waals surface area contributed by atoms with Crippen molar-refractivity contribution >= 4 is 23.1 Å². The Hall–Kier alpha value is -1.43. The van der Waals surface area contributed by atoms with E-state index >= 15 is 0 Å². The van der Waals surface area contributed by atoms with Gasteiger partial charge >= 0.3 is 6.18 Å². The third kappa shape index (κ3) is 3.81. The fourth-order valence-electron chi connectivity index (χ4n) is 1.34. The molecule has 0 aliphatic carbocycles. The van der Waals surface area contributed by atoms with Crippen LogP contribution in [-0.2, 0) is 0 Å². The van der Waals surface area contributed by atoms with Crippen LogP contribution >= 0.6 is 11.6 Å². The number of hydrogen-bond acceptors (Lipinski definition) is 2. The molecule has 17 heavy (non-hydrogen) atoms. The van der Waals surface area contributed by atoms with E-state index in [0.717, 1.165) is 4.90 Å². The number of anilines is 1. The first-order valence-electron chi connectivity index (χ1n) is 4.62. The molecule has 0 aliphatic rings. The molecule has 1 rings (SSSR count). The second-order valence-electron chi connectivity index (χ2n) is 3.55. The van der Waals surface area contributed by atoms with Crippen LogP contribution in [0.2, 0.25) is 5.02 Å². The molecule has 1 aromatic carbocycles. The highest BCUT2D eigenvalue weighted by Gasteiger charge is 2.30. The van der Waals surface area contributed by atoms with Crippen LogP contribution in [0.15, 0.2) is 18.2 Å². The third-order valence-corrected chi connectivity index (χ3v) is 2.39. The lowest BCUT2D eigenvalue weighted by Crippen LogP contribution is -2.31. The Morgan fingerprint density at radius 3 is 2.47 bits per heavy atom. The van der Waals surface area contributed by atoms with Crippen molar-refractivity contribution in [1.29, 1.82) is 5.41 Å². The number of rotatable bonds is 3. The predicted molar refractivity (Wildman–Crippen MR) is 61.8 cm³/mol. The Bertz CT molecular complexity index is 431. The number of alkyl halides is 3. The smallest absolute Gasteiger partial charge is 0.384 e. The lowest BCUT2D eigenvalue weighted by molar-refractivity contribution is -0.119. The molecule has 0 heterocycles. The highest BCUT2D eigenvalue weighted by atomic mass is 35.5. The van der Waals surface area contributed by atoms with Gasteiger partial charge < -0.3 is 10.6 Å². The molecule has 0 atom stereocenters. The Morgan fingerprint density at radius 1 is 1.47 bits per heavy atom. The first kappa shape index (κ1) is 13.6. The van der Waals surface area contributed by atoms with Crippen LogP contribution in [-0.4, -0.2) is 25.6 Å². The number of nitrogens with one attached hydrogen (secondary N) is 1. The van der Waals surface area contributed by atoms with E-state index in [-0.39, 0.29) is 16.5 Å². The van der Waals surface area contributed by atoms with E-state index in [1.807, 2.05) is 0 Å². The maximum Gasteiger partial charge on any atom is 0.405 e. The summed E-state index contributed by atoms with van der Waals surface area (Å²) in [6.07, 6.45) is -4.29. The molecule has 0 radical (unpaired) electrons. The van der Waals surface area contributed by atoms with Crippen molar-refractivity contribution in [1.82, 2.24) is 0 Å². The van der Waals surface area contributed by atoms with Gasteiger partial charge in [0.2, 0.25) is 0 Å². The summed E-state index contributed by atoms with van der Waals surface area (Å²) in [6, 6.07) is 4.23. The maximum absolute atomic E-state index is 12.2. The van der Waals surface area contributed by atoms with Crippen LogP contribution in [0.3, 0.4) is 0 Å². The third-order valence-electron chi connectivity index (χ3n) is 2.09. The average Bonchev–Trinajstić information content (AvgIpc) is 2.14. The first-order valence-corrected chi connectivity index (χ1v) is 5.00. The minimum Gasteiger partial charge on any atom is -0.384 e. The number of halogens is 4. The summed E-state index contributed by atoms with van der Waals surface area (Å²) < 4.78 is 36.6. The summed E-state index contributed by atoms with van der Waals surface area (Å²) >= 11 is 5.84. The van der Waals surface area contributed by atoms with Crippen molar-refractivity contribution in [2.75, 3.05) is 18.5 Å². The van der Waals surface area contributed by atoms with Gasteiger partial charge in [0.1, 0.15) is 12.4 Å². The lowest BCUT2D eigenvalue weighted by Gasteiger charge is -2.22. The number of nitrogens with two attached hydrogens (primary N) is 1. The first-order chi connectivity index (χ1) is 7.70. The zero-order valence-corrected chi connectivity index (χ0v) is 9.73. The van der Waals surface area contributed by atoms with Crippen LogP contribution in [0.5, 0.6) is 0 Å². The molecule has 0 aliphatic heterocycles. The van der Waals surface area contributed by atoms with E-state index in [1.54, 1.807) is 0 Å². The van der Waals surface area contributed by atoms with Gasteiger partial charge in [-0.1, -0.05) is 11.6 Å². The maximum atomic E-state index is 12.2. The molecule has 0 bridgehead atoms. The number of nitrogen functional groups attached to an aromatic ring is 1. The van der Waals surface area contributed by atoms with Gasteiger partial charge in [-0.25, -0.2) is 0 Å². The predicted octanol–water partition coefficient (Wildman–Crippen LogP) is 2.62. The fraction of sp³-hybridized carbons (Fsp3) is 0.300. The van der Waals surface area contributed by atoms with E-state index in [4.69, 9.17) is 22.7 Å². The minimum absolute atomic E-state index is 0.129. The van der Waals surface area contributed by atoms with E-state index in [1.165, 1.54) is 25.2 Å². The topological polar surface area (TPSA) is 53.1 Å². The normalized spacial score (nSPS) is 11.4. The molecule has 0 saturated heterocycles. The summed E-state index contributed by atoms with van der Waals surface area (Å²) in [5.41, 5.74) is 5.86. The Kier molecular flexibility index (Phi) is 3.87.